The number of unbranched alkanes of at least 4 members (excludes halogenated alkanes) is 2. The number of nitrogens with one attached hydrogen (secondary N) is 1. The van der Waals surface area contributed by atoms with Gasteiger partial charge in [-0.2, -0.15) is 0 Å². The minimum atomic E-state index is -0.764. The second-order valence-corrected chi connectivity index (χ2v) is 6.13. The van der Waals surface area contributed by atoms with Crippen LogP contribution in [0, 0.1) is 5.92 Å². The van der Waals surface area contributed by atoms with Gasteiger partial charge in [0, 0.05) is 24.4 Å². The summed E-state index contributed by atoms with van der Waals surface area (Å²) in [5, 5.41) is 12.1. The summed E-state index contributed by atoms with van der Waals surface area (Å²) in [6, 6.07) is 7.69. The molecule has 1 unspecified atom stereocenters. The predicted octanol–water partition coefficient (Wildman–Crippen LogP) is 3.67. The van der Waals surface area contributed by atoms with Crippen LogP contribution in [0.5, 0.6) is 0 Å². The largest absolute Gasteiger partial charge is 0.481 e. The summed E-state index contributed by atoms with van der Waals surface area (Å²) in [5.41, 5.74) is 1.18. The molecule has 0 aromatic heterocycles. The summed E-state index contributed by atoms with van der Waals surface area (Å²) >= 11 is 5.85. The molecule has 0 bridgehead atoms. The first-order valence-corrected chi connectivity index (χ1v) is 8.08. The van der Waals surface area contributed by atoms with Gasteiger partial charge in [-0.15, -0.1) is 0 Å². The van der Waals surface area contributed by atoms with Crippen LogP contribution in [0.1, 0.15) is 44.6 Å². The number of amides is 1. The van der Waals surface area contributed by atoms with Crippen molar-refractivity contribution < 1.29 is 14.7 Å². The molecule has 0 aliphatic carbocycles. The summed E-state index contributed by atoms with van der Waals surface area (Å²) in [4.78, 5) is 22.2. The molecule has 1 aromatic carbocycles. The van der Waals surface area contributed by atoms with Gasteiger partial charge in [0.15, 0.2) is 0 Å². The van der Waals surface area contributed by atoms with E-state index in [0.29, 0.717) is 19.4 Å². The normalized spacial score (nSPS) is 11.9. The van der Waals surface area contributed by atoms with E-state index < -0.39 is 5.97 Å². The van der Waals surface area contributed by atoms with Gasteiger partial charge < -0.3 is 10.4 Å². The molecular formula is C17H24ClNO3. The second-order valence-electron chi connectivity index (χ2n) is 5.69. The van der Waals surface area contributed by atoms with Gasteiger partial charge in [0.25, 0.3) is 0 Å². The lowest BCUT2D eigenvalue weighted by molar-refractivity contribution is -0.137. The van der Waals surface area contributed by atoms with E-state index in [1.54, 1.807) is 0 Å². The molecule has 4 nitrogen and oxygen atoms in total. The van der Waals surface area contributed by atoms with Gasteiger partial charge in [-0.1, -0.05) is 37.1 Å². The number of benzene rings is 1. The Morgan fingerprint density at radius 1 is 1.18 bits per heavy atom. The molecule has 1 rings (SSSR count). The van der Waals surface area contributed by atoms with E-state index >= 15 is 0 Å². The molecule has 0 heterocycles. The highest BCUT2D eigenvalue weighted by molar-refractivity contribution is 6.30. The van der Waals surface area contributed by atoms with Crippen LogP contribution >= 0.6 is 11.6 Å². The molecule has 1 atom stereocenters. The average Bonchev–Trinajstić information content (AvgIpc) is 2.44. The maximum absolute atomic E-state index is 11.8. The first-order valence-electron chi connectivity index (χ1n) is 7.70. The van der Waals surface area contributed by atoms with Crippen molar-refractivity contribution in [3.8, 4) is 0 Å². The third-order valence-electron chi connectivity index (χ3n) is 3.42. The molecule has 0 spiro atoms. The number of rotatable bonds is 10. The fraction of sp³-hybridized carbons (Fsp3) is 0.529. The third-order valence-corrected chi connectivity index (χ3v) is 3.67. The van der Waals surface area contributed by atoms with Crippen molar-refractivity contribution in [3.63, 3.8) is 0 Å². The Morgan fingerprint density at radius 2 is 1.86 bits per heavy atom. The molecule has 0 aliphatic heterocycles. The van der Waals surface area contributed by atoms with E-state index in [0.717, 1.165) is 24.3 Å². The lowest BCUT2D eigenvalue weighted by Gasteiger charge is -2.12. The molecule has 0 saturated carbocycles. The molecule has 0 fully saturated rings. The highest BCUT2D eigenvalue weighted by Gasteiger charge is 2.09. The standard InChI is InChI=1S/C17H24ClNO3/c1-13(11-14-6-8-15(18)9-7-14)12-16(20)19-10-4-2-3-5-17(21)22/h6-9,13H,2-5,10-12H2,1H3,(H,19,20)(H,21,22). The minimum Gasteiger partial charge on any atom is -0.481 e. The van der Waals surface area contributed by atoms with Gasteiger partial charge in [-0.25, -0.2) is 0 Å². The third kappa shape index (κ3) is 8.67. The van der Waals surface area contributed by atoms with Gasteiger partial charge in [0.2, 0.25) is 5.91 Å². The summed E-state index contributed by atoms with van der Waals surface area (Å²) in [5.74, 6) is -0.437. The number of hydrogen-bond acceptors (Lipinski definition) is 2. The Morgan fingerprint density at radius 3 is 2.50 bits per heavy atom. The maximum atomic E-state index is 11.8. The monoisotopic (exact) mass is 325 g/mol. The number of carboxylic acid groups (broad SMARTS) is 1. The van der Waals surface area contributed by atoms with Crippen molar-refractivity contribution in [3.05, 3.63) is 34.9 Å². The molecule has 22 heavy (non-hydrogen) atoms. The van der Waals surface area contributed by atoms with Crippen LogP contribution in [-0.2, 0) is 16.0 Å². The molecular weight excluding hydrogens is 302 g/mol. The van der Waals surface area contributed by atoms with Crippen molar-refractivity contribution in [2.75, 3.05) is 6.54 Å². The van der Waals surface area contributed by atoms with Gasteiger partial charge >= 0.3 is 5.97 Å². The Hall–Kier alpha value is -1.55. The van der Waals surface area contributed by atoms with Gasteiger partial charge in [0.1, 0.15) is 0 Å². The zero-order chi connectivity index (χ0) is 16.4. The smallest absolute Gasteiger partial charge is 0.303 e. The molecule has 5 heteroatoms. The number of aliphatic carboxylic acids is 1. The molecule has 0 aliphatic rings. The van der Waals surface area contributed by atoms with Crippen LogP contribution in [0.15, 0.2) is 24.3 Å². The summed E-state index contributed by atoms with van der Waals surface area (Å²) in [6.45, 7) is 2.67. The summed E-state index contributed by atoms with van der Waals surface area (Å²) in [6.07, 6.45) is 3.86. The van der Waals surface area contributed by atoms with Crippen molar-refractivity contribution in [2.24, 2.45) is 5.92 Å². The van der Waals surface area contributed by atoms with Crippen LogP contribution in [0.3, 0.4) is 0 Å². The predicted molar refractivity (Wildman–Crippen MR) is 88.1 cm³/mol. The lowest BCUT2D eigenvalue weighted by Crippen LogP contribution is -2.26. The average molecular weight is 326 g/mol. The fourth-order valence-corrected chi connectivity index (χ4v) is 2.42. The van der Waals surface area contributed by atoms with E-state index in [9.17, 15) is 9.59 Å². The number of hydrogen-bond donors (Lipinski definition) is 2. The summed E-state index contributed by atoms with van der Waals surface area (Å²) in [7, 11) is 0. The zero-order valence-electron chi connectivity index (χ0n) is 13.0. The van der Waals surface area contributed by atoms with Crippen molar-refractivity contribution >= 4 is 23.5 Å². The van der Waals surface area contributed by atoms with Crippen molar-refractivity contribution in [2.45, 2.75) is 45.4 Å². The number of carbonyl (C=O) groups excluding carboxylic acids is 1. The van der Waals surface area contributed by atoms with Gasteiger partial charge in [-0.05, 0) is 42.9 Å². The number of carbonyl (C=O) groups is 2. The first kappa shape index (κ1) is 18.5. The van der Waals surface area contributed by atoms with E-state index in [1.807, 2.05) is 24.3 Å². The van der Waals surface area contributed by atoms with E-state index in [1.165, 1.54) is 5.56 Å². The van der Waals surface area contributed by atoms with E-state index in [2.05, 4.69) is 12.2 Å². The quantitative estimate of drug-likeness (QED) is 0.645. The van der Waals surface area contributed by atoms with Crippen molar-refractivity contribution in [1.29, 1.82) is 0 Å². The Labute approximate surface area is 136 Å². The first-order chi connectivity index (χ1) is 10.5. The van der Waals surface area contributed by atoms with Gasteiger partial charge in [-0.3, -0.25) is 9.59 Å². The number of carboxylic acids is 1. The highest BCUT2D eigenvalue weighted by atomic mass is 35.5. The minimum absolute atomic E-state index is 0.0553. The highest BCUT2D eigenvalue weighted by Crippen LogP contribution is 2.15. The fourth-order valence-electron chi connectivity index (χ4n) is 2.29. The Balaban J connectivity index is 2.13. The SMILES string of the molecule is CC(CC(=O)NCCCCCC(=O)O)Cc1ccc(Cl)cc1. The Kier molecular flexibility index (Phi) is 8.60. The van der Waals surface area contributed by atoms with Crippen molar-refractivity contribution in [1.82, 2.24) is 5.32 Å². The van der Waals surface area contributed by atoms with E-state index in [4.69, 9.17) is 16.7 Å². The molecule has 0 radical (unpaired) electrons. The van der Waals surface area contributed by atoms with Gasteiger partial charge in [0.05, 0.1) is 0 Å². The molecule has 122 valence electrons. The van der Waals surface area contributed by atoms with Crippen LogP contribution in [0.2, 0.25) is 5.02 Å². The van der Waals surface area contributed by atoms with Crippen LogP contribution < -0.4 is 5.32 Å². The summed E-state index contributed by atoms with van der Waals surface area (Å²) < 4.78 is 0. The topological polar surface area (TPSA) is 66.4 Å². The molecule has 1 amide bonds. The van der Waals surface area contributed by atoms with Crippen LogP contribution in [0.25, 0.3) is 0 Å². The maximum Gasteiger partial charge on any atom is 0.303 e. The Bertz CT molecular complexity index is 473. The second kappa shape index (κ2) is 10.2. The van der Waals surface area contributed by atoms with Crippen LogP contribution in [0.4, 0.5) is 0 Å². The zero-order valence-corrected chi connectivity index (χ0v) is 13.7. The lowest BCUT2D eigenvalue weighted by atomic mass is 9.98. The molecule has 0 saturated heterocycles. The van der Waals surface area contributed by atoms with Crippen LogP contribution in [-0.4, -0.2) is 23.5 Å². The van der Waals surface area contributed by atoms with E-state index in [-0.39, 0.29) is 18.2 Å². The number of halogens is 1. The molecule has 1 aromatic rings. The molecule has 2 N–H and O–H groups in total.